The van der Waals surface area contributed by atoms with Gasteiger partial charge >= 0.3 is 0 Å². The van der Waals surface area contributed by atoms with Gasteiger partial charge in [-0.05, 0) is 0 Å². The van der Waals surface area contributed by atoms with E-state index in [2.05, 4.69) is 10.1 Å². The summed E-state index contributed by atoms with van der Waals surface area (Å²) in [6.45, 7) is -0.302. The fourth-order valence-corrected chi connectivity index (χ4v) is 3.62. The highest BCUT2D eigenvalue weighted by molar-refractivity contribution is 6.33. The first-order valence-corrected chi connectivity index (χ1v) is 8.84. The van der Waals surface area contributed by atoms with Gasteiger partial charge in [0.2, 0.25) is 0 Å². The number of nitriles is 1. The molecule has 0 unspecified atom stereocenters. The molecule has 1 fully saturated rings. The lowest BCUT2D eigenvalue weighted by Gasteiger charge is -2.34. The Kier molecular flexibility index (Phi) is 4.58. The number of alkyl halides is 2. The molecule has 3 heterocycles. The van der Waals surface area contributed by atoms with E-state index >= 15 is 0 Å². The SMILES string of the molecule is N#Cc1cnn2c(N3CCC(F)(F)CC3)c(-c3c(F)cc(F)cc3F)c(Cl)nc12. The van der Waals surface area contributed by atoms with Crippen LogP contribution in [0.5, 0.6) is 0 Å². The third-order valence-electron chi connectivity index (χ3n) is 4.75. The maximum atomic E-state index is 14.5. The van der Waals surface area contributed by atoms with E-state index in [4.69, 9.17) is 11.6 Å². The van der Waals surface area contributed by atoms with E-state index in [-0.39, 0.29) is 40.8 Å². The Morgan fingerprint density at radius 3 is 2.28 bits per heavy atom. The lowest BCUT2D eigenvalue weighted by Crippen LogP contribution is -2.40. The zero-order valence-electron chi connectivity index (χ0n) is 14.6. The maximum absolute atomic E-state index is 14.5. The smallest absolute Gasteiger partial charge is 0.251 e. The number of hydrogen-bond acceptors (Lipinski definition) is 4. The van der Waals surface area contributed by atoms with Crippen molar-refractivity contribution in [3.63, 3.8) is 0 Å². The molecule has 11 heteroatoms. The monoisotopic (exact) mass is 427 g/mol. The molecule has 0 N–H and O–H groups in total. The quantitative estimate of drug-likeness (QED) is 0.444. The van der Waals surface area contributed by atoms with Gasteiger partial charge in [0.1, 0.15) is 40.1 Å². The predicted octanol–water partition coefficient (Wildman–Crippen LogP) is 4.57. The molecule has 1 aliphatic heterocycles. The van der Waals surface area contributed by atoms with E-state index in [1.54, 1.807) is 0 Å². The van der Waals surface area contributed by atoms with Gasteiger partial charge in [-0.3, -0.25) is 0 Å². The van der Waals surface area contributed by atoms with Gasteiger partial charge < -0.3 is 4.90 Å². The number of aromatic nitrogens is 3. The second-order valence-corrected chi connectivity index (χ2v) is 6.95. The molecule has 0 bridgehead atoms. The summed E-state index contributed by atoms with van der Waals surface area (Å²) in [6, 6.07) is 2.84. The molecule has 0 aliphatic carbocycles. The second kappa shape index (κ2) is 6.84. The van der Waals surface area contributed by atoms with Crippen LogP contribution in [0.3, 0.4) is 0 Å². The van der Waals surface area contributed by atoms with Crippen molar-refractivity contribution in [2.24, 2.45) is 0 Å². The minimum absolute atomic E-state index is 0.00130. The Morgan fingerprint density at radius 2 is 1.69 bits per heavy atom. The molecule has 0 amide bonds. The van der Waals surface area contributed by atoms with Crippen LogP contribution in [0, 0.1) is 28.8 Å². The van der Waals surface area contributed by atoms with Gasteiger partial charge in [-0.2, -0.15) is 14.9 Å². The van der Waals surface area contributed by atoms with Crippen molar-refractivity contribution in [1.82, 2.24) is 14.6 Å². The summed E-state index contributed by atoms with van der Waals surface area (Å²) >= 11 is 6.22. The van der Waals surface area contributed by atoms with E-state index in [0.717, 1.165) is 4.52 Å². The van der Waals surface area contributed by atoms with Crippen molar-refractivity contribution in [2.45, 2.75) is 18.8 Å². The number of piperidine rings is 1. The summed E-state index contributed by atoms with van der Waals surface area (Å²) in [5, 5.41) is 12.9. The molecule has 150 valence electrons. The molecule has 0 spiro atoms. The third kappa shape index (κ3) is 3.25. The van der Waals surface area contributed by atoms with E-state index in [0.29, 0.717) is 12.1 Å². The van der Waals surface area contributed by atoms with Crippen LogP contribution < -0.4 is 4.90 Å². The molecular weight excluding hydrogens is 417 g/mol. The highest BCUT2D eigenvalue weighted by Crippen LogP contribution is 2.41. The molecule has 0 radical (unpaired) electrons. The van der Waals surface area contributed by atoms with Gasteiger partial charge in [-0.1, -0.05) is 11.6 Å². The van der Waals surface area contributed by atoms with Crippen molar-refractivity contribution in [3.05, 3.63) is 46.5 Å². The summed E-state index contributed by atoms with van der Waals surface area (Å²) in [5.74, 6) is -6.47. The topological polar surface area (TPSA) is 57.2 Å². The highest BCUT2D eigenvalue weighted by atomic mass is 35.5. The Morgan fingerprint density at radius 1 is 1.07 bits per heavy atom. The van der Waals surface area contributed by atoms with Gasteiger partial charge in [0.25, 0.3) is 5.92 Å². The van der Waals surface area contributed by atoms with E-state index < -0.39 is 41.8 Å². The van der Waals surface area contributed by atoms with Gasteiger partial charge in [-0.25, -0.2) is 26.9 Å². The summed E-state index contributed by atoms with van der Waals surface area (Å²) < 4.78 is 70.9. The fraction of sp³-hybridized carbons (Fsp3) is 0.278. The first-order valence-electron chi connectivity index (χ1n) is 8.47. The maximum Gasteiger partial charge on any atom is 0.251 e. The normalized spacial score (nSPS) is 16.2. The Balaban J connectivity index is 2.02. The number of benzene rings is 1. The van der Waals surface area contributed by atoms with Gasteiger partial charge in [0.15, 0.2) is 5.65 Å². The zero-order chi connectivity index (χ0) is 20.9. The minimum atomic E-state index is -2.87. The molecule has 5 nitrogen and oxygen atoms in total. The summed E-state index contributed by atoms with van der Waals surface area (Å²) in [4.78, 5) is 5.46. The van der Waals surface area contributed by atoms with Crippen LogP contribution in [0.15, 0.2) is 18.3 Å². The Bertz CT molecular complexity index is 1140. The van der Waals surface area contributed by atoms with Crippen LogP contribution in [0.4, 0.5) is 27.8 Å². The van der Waals surface area contributed by atoms with Crippen LogP contribution >= 0.6 is 11.6 Å². The first-order chi connectivity index (χ1) is 13.7. The van der Waals surface area contributed by atoms with Crippen LogP contribution in [0.1, 0.15) is 18.4 Å². The molecule has 1 aliphatic rings. The van der Waals surface area contributed by atoms with E-state index in [9.17, 15) is 27.2 Å². The summed E-state index contributed by atoms with van der Waals surface area (Å²) in [7, 11) is 0. The highest BCUT2D eigenvalue weighted by Gasteiger charge is 2.37. The van der Waals surface area contributed by atoms with Crippen molar-refractivity contribution in [3.8, 4) is 17.2 Å². The number of nitrogens with zero attached hydrogens (tertiary/aromatic N) is 5. The van der Waals surface area contributed by atoms with Gasteiger partial charge in [-0.15, -0.1) is 0 Å². The molecule has 29 heavy (non-hydrogen) atoms. The van der Waals surface area contributed by atoms with E-state index in [1.165, 1.54) is 11.1 Å². The third-order valence-corrected chi connectivity index (χ3v) is 5.02. The number of rotatable bonds is 2. The summed E-state index contributed by atoms with van der Waals surface area (Å²) in [5.41, 5.74) is -0.863. The van der Waals surface area contributed by atoms with E-state index in [1.807, 2.05) is 6.07 Å². The molecule has 0 atom stereocenters. The van der Waals surface area contributed by atoms with Crippen molar-refractivity contribution >= 4 is 23.1 Å². The molecule has 3 aromatic rings. The standard InChI is InChI=1S/C18H11ClF5N5/c19-15-14(13-11(21)5-10(20)6-12(13)22)17(28-3-1-18(23,24)2-4-28)29-16(27-15)9(7-25)8-26-29/h5-6,8H,1-4H2. The fourth-order valence-electron chi connectivity index (χ4n) is 3.36. The number of anilines is 1. The average Bonchev–Trinajstić information content (AvgIpc) is 3.04. The van der Waals surface area contributed by atoms with Crippen LogP contribution in [0.2, 0.25) is 5.15 Å². The van der Waals surface area contributed by atoms with Crippen LogP contribution in [0.25, 0.3) is 16.8 Å². The summed E-state index contributed by atoms with van der Waals surface area (Å²) in [6.07, 6.45) is 0.200. The molecule has 4 rings (SSSR count). The molecule has 2 aromatic heterocycles. The van der Waals surface area contributed by atoms with Crippen molar-refractivity contribution in [2.75, 3.05) is 18.0 Å². The average molecular weight is 428 g/mol. The molecule has 0 saturated carbocycles. The Labute approximate surface area is 165 Å². The molecular formula is C18H11ClF5N5. The van der Waals surface area contributed by atoms with Gasteiger partial charge in [0, 0.05) is 38.1 Å². The number of fused-ring (bicyclic) bond motifs is 1. The Hall–Kier alpha value is -2.93. The lowest BCUT2D eigenvalue weighted by molar-refractivity contribution is -0.0222. The molecule has 1 saturated heterocycles. The predicted molar refractivity (Wildman–Crippen MR) is 94.4 cm³/mol. The van der Waals surface area contributed by atoms with Crippen molar-refractivity contribution in [1.29, 1.82) is 5.26 Å². The molecule has 1 aromatic carbocycles. The number of halogens is 6. The first kappa shape index (κ1) is 19.4. The lowest BCUT2D eigenvalue weighted by atomic mass is 10.0. The van der Waals surface area contributed by atoms with Crippen LogP contribution in [-0.4, -0.2) is 33.6 Å². The number of hydrogen-bond donors (Lipinski definition) is 0. The second-order valence-electron chi connectivity index (χ2n) is 6.59. The minimum Gasteiger partial charge on any atom is -0.355 e. The van der Waals surface area contributed by atoms with Crippen LogP contribution in [-0.2, 0) is 0 Å². The van der Waals surface area contributed by atoms with Gasteiger partial charge in [0.05, 0.1) is 17.3 Å². The van der Waals surface area contributed by atoms with Crippen molar-refractivity contribution < 1.29 is 22.0 Å². The largest absolute Gasteiger partial charge is 0.355 e. The zero-order valence-corrected chi connectivity index (χ0v) is 15.3.